The Labute approximate surface area is 244 Å². The molecule has 9 nitrogen and oxygen atoms in total. The molecule has 214 valence electrons. The summed E-state index contributed by atoms with van der Waals surface area (Å²) < 4.78 is 13.1. The van der Waals surface area contributed by atoms with Crippen LogP contribution in [0.25, 0.3) is 10.2 Å². The normalized spacial score (nSPS) is 20.5. The standard InChI is InChI=1S/C31H35N5O4S/c1-20-16-36(17-22-8-7-13-32-15-22)21(2)19-40-26-14-23(11-12-24(26)31(38)35(3)18-27(20)39-4)33-29(37)30-34-25-9-5-6-10-28(25)41-30/h5-15,20-21,27H,16-19H2,1-4H3,(H,33,37)/t20-,21+,27-/m1/s1. The van der Waals surface area contributed by atoms with E-state index in [0.29, 0.717) is 41.7 Å². The van der Waals surface area contributed by atoms with Gasteiger partial charge in [-0.3, -0.25) is 19.5 Å². The molecule has 3 heterocycles. The number of aromatic nitrogens is 2. The summed E-state index contributed by atoms with van der Waals surface area (Å²) in [6, 6.07) is 16.8. The van der Waals surface area contributed by atoms with E-state index < -0.39 is 0 Å². The number of thiazole rings is 1. The van der Waals surface area contributed by atoms with Gasteiger partial charge in [0, 0.05) is 64.0 Å². The van der Waals surface area contributed by atoms with Gasteiger partial charge >= 0.3 is 0 Å². The summed E-state index contributed by atoms with van der Waals surface area (Å²) >= 11 is 1.34. The lowest BCUT2D eigenvalue weighted by atomic mass is 10.0. The zero-order valence-electron chi connectivity index (χ0n) is 23.7. The minimum Gasteiger partial charge on any atom is -0.491 e. The lowest BCUT2D eigenvalue weighted by Crippen LogP contribution is -2.46. The minimum absolute atomic E-state index is 0.0243. The third kappa shape index (κ3) is 6.73. The Hall–Kier alpha value is -3.86. The third-order valence-corrected chi connectivity index (χ3v) is 8.47. The summed E-state index contributed by atoms with van der Waals surface area (Å²) in [6.45, 7) is 6.51. The minimum atomic E-state index is -0.310. The van der Waals surface area contributed by atoms with E-state index in [1.54, 1.807) is 43.5 Å². The molecule has 0 aliphatic carbocycles. The van der Waals surface area contributed by atoms with E-state index in [2.05, 4.69) is 40.1 Å². The predicted octanol–water partition coefficient (Wildman–Crippen LogP) is 4.95. The summed E-state index contributed by atoms with van der Waals surface area (Å²) in [4.78, 5) is 39.3. The quantitative estimate of drug-likeness (QED) is 0.361. The van der Waals surface area contributed by atoms with Crippen LogP contribution in [0, 0.1) is 5.92 Å². The largest absolute Gasteiger partial charge is 0.491 e. The van der Waals surface area contributed by atoms with Gasteiger partial charge in [-0.25, -0.2) is 4.98 Å². The maximum atomic E-state index is 13.5. The lowest BCUT2D eigenvalue weighted by Gasteiger charge is -2.36. The molecular formula is C31H35N5O4S. The number of likely N-dealkylation sites (N-methyl/N-ethyl adjacent to an activating group) is 1. The van der Waals surface area contributed by atoms with Crippen LogP contribution in [-0.4, -0.2) is 77.6 Å². The SMILES string of the molecule is CO[C@@H]1CN(C)C(=O)c2ccc(NC(=O)c3nc4ccccc4s3)cc2OC[C@H](C)N(Cc2cccnc2)C[C@H]1C. The molecule has 1 N–H and O–H groups in total. The number of ether oxygens (including phenoxy) is 2. The molecular weight excluding hydrogens is 538 g/mol. The number of fused-ring (bicyclic) bond motifs is 2. The molecule has 0 spiro atoms. The molecule has 0 bridgehead atoms. The van der Waals surface area contributed by atoms with Gasteiger partial charge in [0.05, 0.1) is 21.9 Å². The van der Waals surface area contributed by atoms with E-state index in [1.807, 2.05) is 36.5 Å². The van der Waals surface area contributed by atoms with Crippen LogP contribution in [0.5, 0.6) is 5.75 Å². The Bertz CT molecular complexity index is 1480. The van der Waals surface area contributed by atoms with Crippen molar-refractivity contribution in [2.24, 2.45) is 5.92 Å². The number of rotatable bonds is 5. The number of carbonyl (C=O) groups excluding carboxylic acids is 2. The van der Waals surface area contributed by atoms with Crippen molar-refractivity contribution in [1.29, 1.82) is 0 Å². The van der Waals surface area contributed by atoms with E-state index in [-0.39, 0.29) is 29.9 Å². The Morgan fingerprint density at radius 2 is 1.98 bits per heavy atom. The average molecular weight is 574 g/mol. The van der Waals surface area contributed by atoms with Crippen molar-refractivity contribution in [3.63, 3.8) is 0 Å². The Morgan fingerprint density at radius 3 is 2.73 bits per heavy atom. The zero-order chi connectivity index (χ0) is 28.9. The molecule has 1 aliphatic heterocycles. The Balaban J connectivity index is 1.42. The maximum absolute atomic E-state index is 13.5. The summed E-state index contributed by atoms with van der Waals surface area (Å²) in [5.74, 6) is 0.0995. The molecule has 1 aliphatic rings. The van der Waals surface area contributed by atoms with Gasteiger partial charge in [0.25, 0.3) is 11.8 Å². The third-order valence-electron chi connectivity index (χ3n) is 7.43. The number of pyridine rings is 1. The highest BCUT2D eigenvalue weighted by Gasteiger charge is 2.28. The number of anilines is 1. The fourth-order valence-electron chi connectivity index (χ4n) is 5.03. The molecule has 0 saturated heterocycles. The summed E-state index contributed by atoms with van der Waals surface area (Å²) in [5.41, 5.74) is 2.85. The van der Waals surface area contributed by atoms with E-state index in [4.69, 9.17) is 9.47 Å². The van der Waals surface area contributed by atoms with Gasteiger partial charge in [0.1, 0.15) is 12.4 Å². The first-order valence-corrected chi connectivity index (χ1v) is 14.5. The van der Waals surface area contributed by atoms with Crippen molar-refractivity contribution in [2.45, 2.75) is 32.5 Å². The monoisotopic (exact) mass is 573 g/mol. The second-order valence-electron chi connectivity index (χ2n) is 10.5. The topological polar surface area (TPSA) is 96.9 Å². The van der Waals surface area contributed by atoms with Gasteiger partial charge in [-0.15, -0.1) is 11.3 Å². The van der Waals surface area contributed by atoms with Crippen LogP contribution >= 0.6 is 11.3 Å². The van der Waals surface area contributed by atoms with Crippen LogP contribution in [0.3, 0.4) is 0 Å². The molecule has 3 atom stereocenters. The molecule has 0 saturated carbocycles. The van der Waals surface area contributed by atoms with E-state index >= 15 is 0 Å². The number of carbonyl (C=O) groups is 2. The number of para-hydroxylation sites is 1. The van der Waals surface area contributed by atoms with Gasteiger partial charge in [0.2, 0.25) is 0 Å². The fourth-order valence-corrected chi connectivity index (χ4v) is 5.89. The van der Waals surface area contributed by atoms with Crippen LogP contribution < -0.4 is 10.1 Å². The summed E-state index contributed by atoms with van der Waals surface area (Å²) in [7, 11) is 3.47. The van der Waals surface area contributed by atoms with Crippen LogP contribution in [-0.2, 0) is 11.3 Å². The second-order valence-corrected chi connectivity index (χ2v) is 11.6. The number of benzene rings is 2. The number of nitrogens with zero attached hydrogens (tertiary/aromatic N) is 4. The highest BCUT2D eigenvalue weighted by Crippen LogP contribution is 2.28. The molecule has 41 heavy (non-hydrogen) atoms. The fraction of sp³-hybridized carbons (Fsp3) is 0.355. The highest BCUT2D eigenvalue weighted by atomic mass is 32.1. The first-order chi connectivity index (χ1) is 19.8. The van der Waals surface area contributed by atoms with E-state index in [1.165, 1.54) is 11.3 Å². The van der Waals surface area contributed by atoms with Gasteiger partial charge in [-0.1, -0.05) is 25.1 Å². The van der Waals surface area contributed by atoms with Crippen molar-refractivity contribution < 1.29 is 19.1 Å². The second kappa shape index (κ2) is 12.8. The molecule has 5 rings (SSSR count). The smallest absolute Gasteiger partial charge is 0.284 e. The number of amides is 2. The first kappa shape index (κ1) is 28.7. The zero-order valence-corrected chi connectivity index (χ0v) is 24.6. The van der Waals surface area contributed by atoms with Crippen LogP contribution in [0.4, 0.5) is 5.69 Å². The highest BCUT2D eigenvalue weighted by molar-refractivity contribution is 7.20. The molecule has 2 aromatic heterocycles. The molecule has 0 radical (unpaired) electrons. The molecule has 2 aromatic carbocycles. The Kier molecular flexibility index (Phi) is 8.92. The summed E-state index contributed by atoms with van der Waals surface area (Å²) in [5, 5.41) is 3.29. The summed E-state index contributed by atoms with van der Waals surface area (Å²) in [6.07, 6.45) is 3.50. The van der Waals surface area contributed by atoms with E-state index in [9.17, 15) is 9.59 Å². The lowest BCUT2D eigenvalue weighted by molar-refractivity contribution is 0.00920. The van der Waals surface area contributed by atoms with Gasteiger partial charge in [-0.05, 0) is 48.7 Å². The molecule has 4 aromatic rings. The van der Waals surface area contributed by atoms with Crippen molar-refractivity contribution in [3.8, 4) is 5.75 Å². The van der Waals surface area contributed by atoms with Crippen molar-refractivity contribution in [1.82, 2.24) is 19.8 Å². The van der Waals surface area contributed by atoms with E-state index in [0.717, 1.165) is 22.3 Å². The molecule has 0 unspecified atom stereocenters. The number of hydrogen-bond donors (Lipinski definition) is 1. The van der Waals surface area contributed by atoms with Crippen molar-refractivity contribution >= 4 is 39.1 Å². The molecule has 10 heteroatoms. The molecule has 0 fully saturated rings. The Morgan fingerprint density at radius 1 is 1.15 bits per heavy atom. The van der Waals surface area contributed by atoms with Crippen LogP contribution in [0.1, 0.15) is 39.6 Å². The predicted molar refractivity (Wildman–Crippen MR) is 161 cm³/mol. The number of nitrogens with one attached hydrogen (secondary N) is 1. The van der Waals surface area contributed by atoms with Gasteiger partial charge in [0.15, 0.2) is 5.01 Å². The first-order valence-electron chi connectivity index (χ1n) is 13.7. The molecule has 2 amide bonds. The van der Waals surface area contributed by atoms with Crippen LogP contribution in [0.2, 0.25) is 0 Å². The van der Waals surface area contributed by atoms with Crippen LogP contribution in [0.15, 0.2) is 67.0 Å². The number of hydrogen-bond acceptors (Lipinski definition) is 8. The van der Waals surface area contributed by atoms with Gasteiger partial charge in [-0.2, -0.15) is 0 Å². The average Bonchev–Trinajstić information content (AvgIpc) is 3.43. The van der Waals surface area contributed by atoms with Gasteiger partial charge < -0.3 is 19.7 Å². The number of methoxy groups -OCH3 is 1. The van der Waals surface area contributed by atoms with Crippen molar-refractivity contribution in [3.05, 3.63) is 83.1 Å². The maximum Gasteiger partial charge on any atom is 0.284 e. The van der Waals surface area contributed by atoms with Crippen molar-refractivity contribution in [2.75, 3.05) is 39.2 Å².